The molecule has 0 heterocycles. The van der Waals surface area contributed by atoms with Gasteiger partial charge in [0.25, 0.3) is 0 Å². The number of sulfonamides is 1. The molecule has 5 heteroatoms. The van der Waals surface area contributed by atoms with E-state index in [1.54, 1.807) is 19.2 Å². The van der Waals surface area contributed by atoms with Crippen molar-refractivity contribution in [3.8, 4) is 0 Å². The Bertz CT molecular complexity index is 524. The average molecular weight is 283 g/mol. The van der Waals surface area contributed by atoms with Crippen molar-refractivity contribution in [1.82, 2.24) is 0 Å². The Hall–Kier alpha value is -1.07. The van der Waals surface area contributed by atoms with Crippen LogP contribution in [0.5, 0.6) is 0 Å². The monoisotopic (exact) mass is 283 g/mol. The Labute approximate surface area is 115 Å². The van der Waals surface area contributed by atoms with Crippen LogP contribution in [0.4, 0.5) is 5.69 Å². The molecule has 1 aromatic rings. The number of nitrogens with zero attached hydrogens (tertiary/aromatic N) is 1. The molecule has 2 unspecified atom stereocenters. The van der Waals surface area contributed by atoms with Crippen LogP contribution in [-0.4, -0.2) is 31.9 Å². The Morgan fingerprint density at radius 1 is 1.16 bits per heavy atom. The summed E-state index contributed by atoms with van der Waals surface area (Å²) in [6, 6.07) is 7.36. The molecule has 1 fully saturated rings. The lowest BCUT2D eigenvalue weighted by atomic mass is 9.97. The van der Waals surface area contributed by atoms with Crippen LogP contribution in [0.3, 0.4) is 0 Å². The van der Waals surface area contributed by atoms with E-state index in [1.807, 2.05) is 19.1 Å². The molecule has 4 nitrogen and oxygen atoms in total. The fourth-order valence-corrected chi connectivity index (χ4v) is 4.35. The molecule has 0 bridgehead atoms. The number of benzene rings is 1. The standard InChI is InChI=1S/C14H21NO3S/c1-11-7-9-12(10-8-11)15(2)19(17,18)14-6-4-3-5-13(14)16/h7-10,13-14,16H,3-6H2,1-2H3. The summed E-state index contributed by atoms with van der Waals surface area (Å²) in [5.41, 5.74) is 1.73. The van der Waals surface area contributed by atoms with Gasteiger partial charge in [0.05, 0.1) is 11.8 Å². The number of rotatable bonds is 3. The number of anilines is 1. The predicted octanol–water partition coefficient (Wildman–Crippen LogP) is 2.06. The molecule has 0 saturated heterocycles. The second-order valence-corrected chi connectivity index (χ2v) is 7.42. The normalized spacial score (nSPS) is 24.2. The van der Waals surface area contributed by atoms with Crippen molar-refractivity contribution < 1.29 is 13.5 Å². The molecule has 0 spiro atoms. The zero-order valence-corrected chi connectivity index (χ0v) is 12.2. The lowest BCUT2D eigenvalue weighted by Crippen LogP contribution is -2.44. The van der Waals surface area contributed by atoms with Gasteiger partial charge in [-0.15, -0.1) is 0 Å². The third-order valence-electron chi connectivity index (χ3n) is 3.83. The van der Waals surface area contributed by atoms with Crippen molar-refractivity contribution in [2.24, 2.45) is 0 Å². The molecular formula is C14H21NO3S. The topological polar surface area (TPSA) is 57.6 Å². The molecule has 1 aliphatic carbocycles. The van der Waals surface area contributed by atoms with Gasteiger partial charge in [-0.25, -0.2) is 8.42 Å². The van der Waals surface area contributed by atoms with Gasteiger partial charge in [0.1, 0.15) is 5.25 Å². The number of hydrogen-bond donors (Lipinski definition) is 1. The van der Waals surface area contributed by atoms with E-state index in [-0.39, 0.29) is 0 Å². The highest BCUT2D eigenvalue weighted by Gasteiger charge is 2.37. The molecule has 106 valence electrons. The molecule has 0 radical (unpaired) electrons. The lowest BCUT2D eigenvalue weighted by Gasteiger charge is -2.31. The van der Waals surface area contributed by atoms with Gasteiger partial charge in [-0.3, -0.25) is 4.31 Å². The maximum absolute atomic E-state index is 12.5. The van der Waals surface area contributed by atoms with E-state index in [9.17, 15) is 13.5 Å². The molecule has 1 N–H and O–H groups in total. The summed E-state index contributed by atoms with van der Waals surface area (Å²) in [6.07, 6.45) is 2.14. The number of aliphatic hydroxyl groups is 1. The summed E-state index contributed by atoms with van der Waals surface area (Å²) in [4.78, 5) is 0. The van der Waals surface area contributed by atoms with Crippen LogP contribution < -0.4 is 4.31 Å². The van der Waals surface area contributed by atoms with E-state index in [1.165, 1.54) is 4.31 Å². The van der Waals surface area contributed by atoms with E-state index in [0.29, 0.717) is 18.5 Å². The molecule has 1 aromatic carbocycles. The van der Waals surface area contributed by atoms with Crippen LogP contribution in [0.25, 0.3) is 0 Å². The van der Waals surface area contributed by atoms with Gasteiger partial charge in [0.15, 0.2) is 0 Å². The third-order valence-corrected chi connectivity index (χ3v) is 6.12. The third kappa shape index (κ3) is 2.92. The summed E-state index contributed by atoms with van der Waals surface area (Å²) in [7, 11) is -1.94. The zero-order valence-electron chi connectivity index (χ0n) is 11.4. The van der Waals surface area contributed by atoms with Gasteiger partial charge in [-0.1, -0.05) is 30.5 Å². The summed E-state index contributed by atoms with van der Waals surface area (Å²) < 4.78 is 26.4. The van der Waals surface area contributed by atoms with Gasteiger partial charge in [-0.05, 0) is 31.9 Å². The molecule has 19 heavy (non-hydrogen) atoms. The molecule has 1 saturated carbocycles. The first kappa shape index (κ1) is 14.3. The molecule has 0 aliphatic heterocycles. The Morgan fingerprint density at radius 2 is 1.74 bits per heavy atom. The minimum atomic E-state index is -3.49. The zero-order chi connectivity index (χ0) is 14.0. The molecule has 1 aliphatic rings. The molecule has 0 amide bonds. The van der Waals surface area contributed by atoms with Crippen LogP contribution in [0.1, 0.15) is 31.2 Å². The van der Waals surface area contributed by atoms with E-state index in [0.717, 1.165) is 18.4 Å². The average Bonchev–Trinajstić information content (AvgIpc) is 2.39. The highest BCUT2D eigenvalue weighted by Crippen LogP contribution is 2.28. The minimum absolute atomic E-state index is 0.541. The first-order valence-corrected chi connectivity index (χ1v) is 8.16. The van der Waals surface area contributed by atoms with E-state index in [4.69, 9.17) is 0 Å². The summed E-state index contributed by atoms with van der Waals surface area (Å²) in [5.74, 6) is 0. The highest BCUT2D eigenvalue weighted by molar-refractivity contribution is 7.93. The van der Waals surface area contributed by atoms with Crippen molar-refractivity contribution in [1.29, 1.82) is 0 Å². The first-order valence-electron chi connectivity index (χ1n) is 6.65. The number of aryl methyl sites for hydroxylation is 1. The Balaban J connectivity index is 2.25. The quantitative estimate of drug-likeness (QED) is 0.924. The van der Waals surface area contributed by atoms with Crippen LogP contribution in [0.2, 0.25) is 0 Å². The molecule has 2 rings (SSSR count). The van der Waals surface area contributed by atoms with Crippen molar-refractivity contribution in [3.63, 3.8) is 0 Å². The van der Waals surface area contributed by atoms with Crippen LogP contribution in [-0.2, 0) is 10.0 Å². The Kier molecular flexibility index (Phi) is 4.16. The van der Waals surface area contributed by atoms with Crippen molar-refractivity contribution >= 4 is 15.7 Å². The van der Waals surface area contributed by atoms with Crippen molar-refractivity contribution in [2.75, 3.05) is 11.4 Å². The maximum atomic E-state index is 12.5. The Morgan fingerprint density at radius 3 is 2.32 bits per heavy atom. The largest absolute Gasteiger partial charge is 0.392 e. The summed E-state index contributed by atoms with van der Waals surface area (Å²) >= 11 is 0. The molecular weight excluding hydrogens is 262 g/mol. The van der Waals surface area contributed by atoms with Crippen LogP contribution in [0, 0.1) is 6.92 Å². The van der Waals surface area contributed by atoms with E-state index < -0.39 is 21.4 Å². The van der Waals surface area contributed by atoms with Crippen molar-refractivity contribution in [2.45, 2.75) is 44.0 Å². The fraction of sp³-hybridized carbons (Fsp3) is 0.571. The van der Waals surface area contributed by atoms with Gasteiger partial charge < -0.3 is 5.11 Å². The maximum Gasteiger partial charge on any atom is 0.240 e. The smallest absolute Gasteiger partial charge is 0.240 e. The first-order chi connectivity index (χ1) is 8.93. The minimum Gasteiger partial charge on any atom is -0.392 e. The van der Waals surface area contributed by atoms with Gasteiger partial charge >= 0.3 is 0 Å². The van der Waals surface area contributed by atoms with E-state index >= 15 is 0 Å². The SMILES string of the molecule is Cc1ccc(N(C)S(=O)(=O)C2CCCCC2O)cc1. The predicted molar refractivity (Wildman–Crippen MR) is 76.8 cm³/mol. The summed E-state index contributed by atoms with van der Waals surface area (Å²) in [6.45, 7) is 1.96. The lowest BCUT2D eigenvalue weighted by molar-refractivity contribution is 0.133. The van der Waals surface area contributed by atoms with Gasteiger partial charge in [-0.2, -0.15) is 0 Å². The molecule has 0 aromatic heterocycles. The second-order valence-electron chi connectivity index (χ2n) is 5.24. The highest BCUT2D eigenvalue weighted by atomic mass is 32.2. The van der Waals surface area contributed by atoms with Gasteiger partial charge in [0.2, 0.25) is 10.0 Å². The van der Waals surface area contributed by atoms with Gasteiger partial charge in [0, 0.05) is 7.05 Å². The summed E-state index contributed by atoms with van der Waals surface area (Å²) in [5, 5.41) is 9.27. The second kappa shape index (κ2) is 5.51. The van der Waals surface area contributed by atoms with Crippen molar-refractivity contribution in [3.05, 3.63) is 29.8 Å². The molecule has 2 atom stereocenters. The van der Waals surface area contributed by atoms with Crippen LogP contribution >= 0.6 is 0 Å². The van der Waals surface area contributed by atoms with E-state index in [2.05, 4.69) is 0 Å². The fourth-order valence-electron chi connectivity index (χ4n) is 2.53. The number of aliphatic hydroxyl groups excluding tert-OH is 1. The number of hydrogen-bond acceptors (Lipinski definition) is 3. The van der Waals surface area contributed by atoms with Crippen LogP contribution in [0.15, 0.2) is 24.3 Å².